The quantitative estimate of drug-likeness (QED) is 0.257. The standard InChI is InChI=1S/C37H48F5N5O7S/c1-4-24-17-35(24,33(50)45-55(52,53)26-14-15-26)44-31(48)28-16-25-19-47(28)32(49)30(21(2)3)43-29(36(38,39)37(40,41)42)13-8-6-5-7-10-22-11-9-12-23-18-46(20-27(22)23)34(51)54-25/h4,9,11-12,21,24-26,28-30,43H,1,5-8,10,13-20H2,2-3H3,(H,44,48)(H,45,50)/t24-,25-,28+,29?,30+,35-/m1/s1. The molecule has 3 fully saturated rings. The Morgan fingerprint density at radius 2 is 1.73 bits per heavy atom. The van der Waals surface area contributed by atoms with Crippen LogP contribution in [-0.4, -0.2) is 95.7 Å². The lowest BCUT2D eigenvalue weighted by Crippen LogP contribution is -2.62. The smallest absolute Gasteiger partial charge is 0.444 e. The second-order valence-electron chi connectivity index (χ2n) is 15.9. The molecule has 2 aliphatic carbocycles. The average Bonchev–Trinajstić information content (AvgIpc) is 4.00. The van der Waals surface area contributed by atoms with Gasteiger partial charge in [0.1, 0.15) is 17.7 Å². The minimum atomic E-state index is -5.92. The van der Waals surface area contributed by atoms with Crippen LogP contribution in [0.5, 0.6) is 0 Å². The van der Waals surface area contributed by atoms with Crippen LogP contribution < -0.4 is 15.4 Å². The van der Waals surface area contributed by atoms with Gasteiger partial charge in [0.05, 0.1) is 23.9 Å². The number of fused-ring (bicyclic) bond motifs is 3. The first-order valence-electron chi connectivity index (χ1n) is 18.9. The van der Waals surface area contributed by atoms with Crippen molar-refractivity contribution in [2.24, 2.45) is 11.8 Å². The van der Waals surface area contributed by atoms with Gasteiger partial charge >= 0.3 is 18.2 Å². The number of ether oxygens (including phenoxy) is 1. The molecule has 1 unspecified atom stereocenters. The molecule has 3 aliphatic heterocycles. The van der Waals surface area contributed by atoms with Crippen molar-refractivity contribution in [2.75, 3.05) is 6.54 Å². The summed E-state index contributed by atoms with van der Waals surface area (Å²) in [4.78, 5) is 58.0. The normalized spacial score (nSPS) is 29.6. The minimum absolute atomic E-state index is 0.00473. The van der Waals surface area contributed by atoms with Crippen LogP contribution in [0, 0.1) is 11.8 Å². The van der Waals surface area contributed by atoms with E-state index in [1.54, 1.807) is 0 Å². The Bertz CT molecular complexity index is 1810. The molecule has 0 spiro atoms. The number of amides is 4. The van der Waals surface area contributed by atoms with Crippen LogP contribution >= 0.6 is 0 Å². The van der Waals surface area contributed by atoms with Crippen LogP contribution in [0.4, 0.5) is 26.7 Å². The maximum absolute atomic E-state index is 15.1. The summed E-state index contributed by atoms with van der Waals surface area (Å²) in [5.41, 5.74) is 1.12. The van der Waals surface area contributed by atoms with Gasteiger partial charge in [-0.3, -0.25) is 29.3 Å². The summed E-state index contributed by atoms with van der Waals surface area (Å²) in [7, 11) is -4.01. The molecule has 6 rings (SSSR count). The summed E-state index contributed by atoms with van der Waals surface area (Å²) in [6, 6.07) is 0.115. The predicted octanol–water partition coefficient (Wildman–Crippen LogP) is 4.46. The van der Waals surface area contributed by atoms with E-state index in [0.717, 1.165) is 21.6 Å². The monoisotopic (exact) mass is 801 g/mol. The summed E-state index contributed by atoms with van der Waals surface area (Å²) in [5.74, 6) is -9.60. The minimum Gasteiger partial charge on any atom is -0.444 e. The second kappa shape index (κ2) is 15.3. The number of hydrogen-bond acceptors (Lipinski definition) is 8. The van der Waals surface area contributed by atoms with Crippen molar-refractivity contribution in [3.8, 4) is 0 Å². The molecule has 4 amide bonds. The SMILES string of the molecule is C=C[C@@H]1C[C@]1(NC(=O)[C@@H]1C[C@@H]2CN1C(=O)[C@H](C(C)C)NC(C(F)(F)C(F)(F)F)CCCCCCc1cccc3c1CN(C3)C(=O)O2)C(=O)NS(=O)(=O)C1CC1. The largest absolute Gasteiger partial charge is 0.454 e. The highest BCUT2D eigenvalue weighted by Crippen LogP contribution is 2.46. The predicted molar refractivity (Wildman–Crippen MR) is 189 cm³/mol. The fraction of sp³-hybridized carbons (Fsp3) is 0.676. The third-order valence-corrected chi connectivity index (χ3v) is 13.3. The highest BCUT2D eigenvalue weighted by Gasteiger charge is 2.64. The van der Waals surface area contributed by atoms with Gasteiger partial charge in [0.2, 0.25) is 21.8 Å². The van der Waals surface area contributed by atoms with Crippen molar-refractivity contribution >= 4 is 33.8 Å². The van der Waals surface area contributed by atoms with E-state index in [9.17, 15) is 40.8 Å². The number of nitrogens with zero attached hydrogens (tertiary/aromatic N) is 2. The lowest BCUT2D eigenvalue weighted by Gasteiger charge is -2.36. The number of benzene rings is 1. The number of carbonyl (C=O) groups excluding carboxylic acids is 4. The Morgan fingerprint density at radius 1 is 1.04 bits per heavy atom. The van der Waals surface area contributed by atoms with Crippen molar-refractivity contribution in [1.29, 1.82) is 0 Å². The van der Waals surface area contributed by atoms with E-state index in [-0.39, 0.29) is 32.4 Å². The summed E-state index contributed by atoms with van der Waals surface area (Å²) in [6.45, 7) is 6.72. The number of halogens is 5. The highest BCUT2D eigenvalue weighted by atomic mass is 32.2. The molecule has 4 bridgehead atoms. The molecule has 1 aromatic rings. The van der Waals surface area contributed by atoms with E-state index in [2.05, 4.69) is 17.2 Å². The van der Waals surface area contributed by atoms with E-state index in [1.807, 2.05) is 22.9 Å². The highest BCUT2D eigenvalue weighted by molar-refractivity contribution is 7.91. The van der Waals surface area contributed by atoms with Crippen LogP contribution in [-0.2, 0) is 48.7 Å². The van der Waals surface area contributed by atoms with E-state index in [4.69, 9.17) is 4.74 Å². The first-order valence-corrected chi connectivity index (χ1v) is 20.4. The van der Waals surface area contributed by atoms with E-state index >= 15 is 8.78 Å². The number of sulfonamides is 1. The molecule has 6 atom stereocenters. The summed E-state index contributed by atoms with van der Waals surface area (Å²) in [6.07, 6.45) is -4.32. The zero-order chi connectivity index (χ0) is 40.1. The van der Waals surface area contributed by atoms with E-state index in [0.29, 0.717) is 38.5 Å². The number of hydrogen-bond donors (Lipinski definition) is 3. The van der Waals surface area contributed by atoms with Gasteiger partial charge in [-0.05, 0) is 61.1 Å². The van der Waals surface area contributed by atoms with Crippen LogP contribution in [0.3, 0.4) is 0 Å². The Balaban J connectivity index is 1.31. The zero-order valence-corrected chi connectivity index (χ0v) is 31.6. The first-order chi connectivity index (χ1) is 25.8. The van der Waals surface area contributed by atoms with E-state index in [1.165, 1.54) is 24.8 Å². The first kappa shape index (κ1) is 40.9. The number of carbonyl (C=O) groups is 4. The molecule has 1 aromatic carbocycles. The number of alkyl halides is 5. The van der Waals surface area contributed by atoms with Crippen LogP contribution in [0.1, 0.15) is 88.3 Å². The lowest BCUT2D eigenvalue weighted by molar-refractivity contribution is -0.294. The van der Waals surface area contributed by atoms with Crippen molar-refractivity contribution in [3.05, 3.63) is 47.5 Å². The molecule has 55 heavy (non-hydrogen) atoms. The summed E-state index contributed by atoms with van der Waals surface area (Å²) in [5, 5.41) is 4.18. The maximum Gasteiger partial charge on any atom is 0.454 e. The van der Waals surface area contributed by atoms with Gasteiger partial charge in [-0.25, -0.2) is 13.2 Å². The molecule has 0 aromatic heterocycles. The Hall–Kier alpha value is -3.80. The Morgan fingerprint density at radius 3 is 2.36 bits per heavy atom. The van der Waals surface area contributed by atoms with Crippen LogP contribution in [0.15, 0.2) is 30.9 Å². The third-order valence-electron chi connectivity index (χ3n) is 11.5. The van der Waals surface area contributed by atoms with Crippen molar-refractivity contribution in [3.63, 3.8) is 0 Å². The third kappa shape index (κ3) is 8.35. The topological polar surface area (TPSA) is 154 Å². The summed E-state index contributed by atoms with van der Waals surface area (Å²) < 4.78 is 105. The summed E-state index contributed by atoms with van der Waals surface area (Å²) >= 11 is 0. The number of aryl methyl sites for hydroxylation is 1. The molecule has 12 nitrogen and oxygen atoms in total. The van der Waals surface area contributed by atoms with E-state index < -0.39 is 106 Å². The van der Waals surface area contributed by atoms with Gasteiger partial charge in [0.15, 0.2) is 0 Å². The molecule has 18 heteroatoms. The molecule has 3 heterocycles. The fourth-order valence-electron chi connectivity index (χ4n) is 7.99. The van der Waals surface area contributed by atoms with Crippen LogP contribution in [0.25, 0.3) is 0 Å². The van der Waals surface area contributed by atoms with Crippen molar-refractivity contribution in [2.45, 2.75) is 138 Å². The van der Waals surface area contributed by atoms with Gasteiger partial charge in [0, 0.05) is 25.4 Å². The molecule has 304 valence electrons. The Kier molecular flexibility index (Phi) is 11.3. The fourth-order valence-corrected chi connectivity index (χ4v) is 9.36. The average molecular weight is 802 g/mol. The molecule has 0 radical (unpaired) electrons. The molecule has 1 saturated heterocycles. The molecule has 5 aliphatic rings. The molecule has 2 saturated carbocycles. The molecule has 3 N–H and O–H groups in total. The maximum atomic E-state index is 15.1. The Labute approximate surface area is 317 Å². The molecular formula is C37H48F5N5O7S. The number of nitrogens with one attached hydrogen (secondary N) is 3. The number of rotatable bonds is 8. The lowest BCUT2D eigenvalue weighted by atomic mass is 9.95. The van der Waals surface area contributed by atoms with Crippen LogP contribution in [0.2, 0.25) is 0 Å². The zero-order valence-electron chi connectivity index (χ0n) is 30.8. The second-order valence-corrected chi connectivity index (χ2v) is 17.8. The van der Waals surface area contributed by atoms with Gasteiger partial charge in [-0.15, -0.1) is 6.58 Å². The van der Waals surface area contributed by atoms with Gasteiger partial charge in [-0.1, -0.05) is 57.4 Å². The van der Waals surface area contributed by atoms with Gasteiger partial charge < -0.3 is 15.0 Å². The van der Waals surface area contributed by atoms with Crippen molar-refractivity contribution < 1.29 is 54.3 Å². The van der Waals surface area contributed by atoms with Gasteiger partial charge in [-0.2, -0.15) is 22.0 Å². The van der Waals surface area contributed by atoms with Gasteiger partial charge in [0.25, 0.3) is 5.91 Å². The van der Waals surface area contributed by atoms with Crippen molar-refractivity contribution in [1.82, 2.24) is 25.2 Å². The molecular weight excluding hydrogens is 753 g/mol.